The van der Waals surface area contributed by atoms with E-state index < -0.39 is 0 Å². The number of hydrogen-bond acceptors (Lipinski definition) is 3. The maximum Gasteiger partial charge on any atom is 0.221 e. The summed E-state index contributed by atoms with van der Waals surface area (Å²) in [5, 5.41) is 6.94. The Balaban J connectivity index is 2.56. The van der Waals surface area contributed by atoms with E-state index in [9.17, 15) is 4.79 Å². The lowest BCUT2D eigenvalue weighted by atomic mass is 10.1. The Morgan fingerprint density at radius 1 is 1.47 bits per heavy atom. The summed E-state index contributed by atoms with van der Waals surface area (Å²) in [5.41, 5.74) is 2.47. The van der Waals surface area contributed by atoms with E-state index >= 15 is 0 Å². The molecule has 0 aliphatic carbocycles. The number of nitrogens with one attached hydrogen (secondary N) is 1. The SMILES string of the molecule is COc1ccc(NC(C)=O)cc1-c1c(Br)cnn1C. The van der Waals surface area contributed by atoms with Gasteiger partial charge in [0.1, 0.15) is 5.75 Å². The van der Waals surface area contributed by atoms with E-state index in [-0.39, 0.29) is 5.91 Å². The molecule has 0 aliphatic heterocycles. The number of benzene rings is 1. The molecule has 0 fully saturated rings. The van der Waals surface area contributed by atoms with Crippen LogP contribution in [0, 0.1) is 0 Å². The summed E-state index contributed by atoms with van der Waals surface area (Å²) in [6.07, 6.45) is 1.72. The van der Waals surface area contributed by atoms with E-state index in [0.29, 0.717) is 0 Å². The van der Waals surface area contributed by atoms with Gasteiger partial charge in [-0.2, -0.15) is 5.10 Å². The molecule has 0 bridgehead atoms. The zero-order valence-corrected chi connectivity index (χ0v) is 12.5. The highest BCUT2D eigenvalue weighted by Crippen LogP contribution is 2.36. The Morgan fingerprint density at radius 2 is 2.21 bits per heavy atom. The Kier molecular flexibility index (Phi) is 3.90. The lowest BCUT2D eigenvalue weighted by Crippen LogP contribution is -2.06. The highest BCUT2D eigenvalue weighted by molar-refractivity contribution is 9.10. The molecule has 0 saturated heterocycles. The first-order valence-electron chi connectivity index (χ1n) is 5.66. The van der Waals surface area contributed by atoms with E-state index in [0.717, 1.165) is 27.2 Å². The average molecular weight is 324 g/mol. The molecule has 0 unspecified atom stereocenters. The van der Waals surface area contributed by atoms with Crippen LogP contribution in [0.1, 0.15) is 6.92 Å². The Hall–Kier alpha value is -1.82. The lowest BCUT2D eigenvalue weighted by Gasteiger charge is -2.12. The maximum atomic E-state index is 11.1. The maximum absolute atomic E-state index is 11.1. The van der Waals surface area contributed by atoms with Gasteiger partial charge >= 0.3 is 0 Å². The van der Waals surface area contributed by atoms with Crippen molar-refractivity contribution in [2.75, 3.05) is 12.4 Å². The van der Waals surface area contributed by atoms with Gasteiger partial charge in [-0.05, 0) is 34.1 Å². The summed E-state index contributed by atoms with van der Waals surface area (Å²) in [6, 6.07) is 5.48. The molecule has 1 aromatic heterocycles. The first kappa shape index (κ1) is 13.6. The topological polar surface area (TPSA) is 56.1 Å². The molecule has 0 spiro atoms. The van der Waals surface area contributed by atoms with E-state index in [4.69, 9.17) is 4.74 Å². The van der Waals surface area contributed by atoms with Crippen molar-refractivity contribution >= 4 is 27.5 Å². The van der Waals surface area contributed by atoms with Crippen LogP contribution >= 0.6 is 15.9 Å². The fourth-order valence-electron chi connectivity index (χ4n) is 1.89. The summed E-state index contributed by atoms with van der Waals surface area (Å²) in [5.74, 6) is 0.610. The first-order chi connectivity index (χ1) is 9.02. The van der Waals surface area contributed by atoms with Crippen LogP contribution in [0.25, 0.3) is 11.3 Å². The van der Waals surface area contributed by atoms with E-state index in [1.165, 1.54) is 6.92 Å². The number of anilines is 1. The zero-order valence-electron chi connectivity index (χ0n) is 10.9. The molecular weight excluding hydrogens is 310 g/mol. The minimum Gasteiger partial charge on any atom is -0.496 e. The number of aryl methyl sites for hydroxylation is 1. The van der Waals surface area contributed by atoms with Gasteiger partial charge in [0.15, 0.2) is 0 Å². The summed E-state index contributed by atoms with van der Waals surface area (Å²) in [7, 11) is 3.46. The van der Waals surface area contributed by atoms with Crippen LogP contribution in [0.5, 0.6) is 5.75 Å². The molecule has 19 heavy (non-hydrogen) atoms. The normalized spacial score (nSPS) is 10.3. The third-order valence-corrected chi connectivity index (χ3v) is 3.25. The first-order valence-corrected chi connectivity index (χ1v) is 6.45. The quantitative estimate of drug-likeness (QED) is 0.944. The smallest absolute Gasteiger partial charge is 0.221 e. The molecule has 100 valence electrons. The zero-order chi connectivity index (χ0) is 14.0. The largest absolute Gasteiger partial charge is 0.496 e. The molecule has 6 heteroatoms. The van der Waals surface area contributed by atoms with Crippen molar-refractivity contribution in [3.63, 3.8) is 0 Å². The van der Waals surface area contributed by atoms with Gasteiger partial charge in [-0.15, -0.1) is 0 Å². The summed E-state index contributed by atoms with van der Waals surface area (Å²) in [4.78, 5) is 11.1. The van der Waals surface area contributed by atoms with Gasteiger partial charge < -0.3 is 10.1 Å². The number of carbonyl (C=O) groups excluding carboxylic acids is 1. The van der Waals surface area contributed by atoms with Crippen LogP contribution in [0.3, 0.4) is 0 Å². The van der Waals surface area contributed by atoms with Crippen LogP contribution < -0.4 is 10.1 Å². The predicted molar refractivity (Wildman–Crippen MR) is 77.2 cm³/mol. The monoisotopic (exact) mass is 323 g/mol. The summed E-state index contributed by atoms with van der Waals surface area (Å²) in [6.45, 7) is 1.48. The second-order valence-electron chi connectivity index (χ2n) is 4.06. The van der Waals surface area contributed by atoms with Crippen molar-refractivity contribution in [3.05, 3.63) is 28.9 Å². The van der Waals surface area contributed by atoms with Crippen molar-refractivity contribution < 1.29 is 9.53 Å². The summed E-state index contributed by atoms with van der Waals surface area (Å²) < 4.78 is 7.98. The molecular formula is C13H14BrN3O2. The minimum atomic E-state index is -0.111. The summed E-state index contributed by atoms with van der Waals surface area (Å²) >= 11 is 3.47. The van der Waals surface area contributed by atoms with Gasteiger partial charge in [0.05, 0.1) is 23.5 Å². The molecule has 0 atom stereocenters. The fraction of sp³-hybridized carbons (Fsp3) is 0.231. The van der Waals surface area contributed by atoms with Gasteiger partial charge in [0.2, 0.25) is 5.91 Å². The Labute approximate surface area is 119 Å². The molecule has 0 saturated carbocycles. The second-order valence-corrected chi connectivity index (χ2v) is 4.92. The number of rotatable bonds is 3. The number of ether oxygens (including phenoxy) is 1. The number of halogens is 1. The highest BCUT2D eigenvalue weighted by Gasteiger charge is 2.14. The van der Waals surface area contributed by atoms with Crippen LogP contribution in [-0.2, 0) is 11.8 Å². The second kappa shape index (κ2) is 5.44. The van der Waals surface area contributed by atoms with Crippen molar-refractivity contribution in [2.24, 2.45) is 7.05 Å². The van der Waals surface area contributed by atoms with Crippen LogP contribution in [0.2, 0.25) is 0 Å². The molecule has 1 N–H and O–H groups in total. The molecule has 1 heterocycles. The van der Waals surface area contributed by atoms with Gasteiger partial charge in [0, 0.05) is 25.2 Å². The highest BCUT2D eigenvalue weighted by atomic mass is 79.9. The predicted octanol–water partition coefficient (Wildman–Crippen LogP) is 2.82. The third kappa shape index (κ3) is 2.78. The van der Waals surface area contributed by atoms with Crippen molar-refractivity contribution in [3.8, 4) is 17.0 Å². The van der Waals surface area contributed by atoms with E-state index in [1.54, 1.807) is 24.1 Å². The van der Waals surface area contributed by atoms with Crippen LogP contribution in [-0.4, -0.2) is 22.8 Å². The van der Waals surface area contributed by atoms with Crippen molar-refractivity contribution in [1.29, 1.82) is 0 Å². The number of nitrogens with zero attached hydrogens (tertiary/aromatic N) is 2. The van der Waals surface area contributed by atoms with Crippen LogP contribution in [0.4, 0.5) is 5.69 Å². The number of carbonyl (C=O) groups is 1. The third-order valence-electron chi connectivity index (χ3n) is 2.67. The molecule has 5 nitrogen and oxygen atoms in total. The standard InChI is InChI=1S/C13H14BrN3O2/c1-8(18)16-9-4-5-12(19-3)10(6-9)13-11(14)7-15-17(13)2/h4-7H,1-3H3,(H,16,18). The van der Waals surface area contributed by atoms with E-state index in [1.807, 2.05) is 19.2 Å². The Bertz CT molecular complexity index is 603. The van der Waals surface area contributed by atoms with Crippen molar-refractivity contribution in [1.82, 2.24) is 9.78 Å². The molecule has 0 aliphatic rings. The Morgan fingerprint density at radius 3 is 2.74 bits per heavy atom. The molecule has 0 radical (unpaired) electrons. The van der Waals surface area contributed by atoms with Gasteiger partial charge in [-0.3, -0.25) is 9.48 Å². The molecule has 1 aromatic carbocycles. The van der Waals surface area contributed by atoms with Gasteiger partial charge in [-0.1, -0.05) is 0 Å². The van der Waals surface area contributed by atoms with E-state index in [2.05, 4.69) is 26.3 Å². The average Bonchev–Trinajstić information content (AvgIpc) is 2.68. The number of aromatic nitrogens is 2. The number of hydrogen-bond donors (Lipinski definition) is 1. The molecule has 2 aromatic rings. The minimum absolute atomic E-state index is 0.111. The lowest BCUT2D eigenvalue weighted by molar-refractivity contribution is -0.114. The van der Waals surface area contributed by atoms with Gasteiger partial charge in [0.25, 0.3) is 0 Å². The molecule has 2 rings (SSSR count). The fourth-order valence-corrected chi connectivity index (χ4v) is 2.45. The van der Waals surface area contributed by atoms with Gasteiger partial charge in [-0.25, -0.2) is 0 Å². The van der Waals surface area contributed by atoms with Crippen molar-refractivity contribution in [2.45, 2.75) is 6.92 Å². The number of amides is 1. The molecule has 1 amide bonds. The van der Waals surface area contributed by atoms with Crippen LogP contribution in [0.15, 0.2) is 28.9 Å². The number of methoxy groups -OCH3 is 1.